The van der Waals surface area contributed by atoms with Crippen LogP contribution in [0.25, 0.3) is 0 Å². The molecule has 1 aliphatic carbocycles. The van der Waals surface area contributed by atoms with E-state index in [1.807, 2.05) is 17.0 Å². The van der Waals surface area contributed by atoms with Crippen LogP contribution in [0, 0.1) is 5.92 Å². The number of amides is 2. The smallest absolute Gasteiger partial charge is 0.303 e. The lowest BCUT2D eigenvalue weighted by molar-refractivity contribution is -0.162. The third-order valence-electron chi connectivity index (χ3n) is 8.58. The van der Waals surface area contributed by atoms with Crippen LogP contribution in [0.2, 0.25) is 0 Å². The molecule has 3 fully saturated rings. The van der Waals surface area contributed by atoms with E-state index in [-0.39, 0.29) is 36.7 Å². The van der Waals surface area contributed by atoms with Gasteiger partial charge >= 0.3 is 5.97 Å². The monoisotopic (exact) mass is 533 g/mol. The lowest BCUT2D eigenvalue weighted by Gasteiger charge is -2.52. The van der Waals surface area contributed by atoms with Crippen molar-refractivity contribution in [3.8, 4) is 0 Å². The van der Waals surface area contributed by atoms with E-state index < -0.39 is 11.5 Å². The summed E-state index contributed by atoms with van der Waals surface area (Å²) in [5.74, 6) is -0.0345. The zero-order chi connectivity index (χ0) is 25.5. The van der Waals surface area contributed by atoms with Crippen molar-refractivity contribution in [3.63, 3.8) is 0 Å². The first-order chi connectivity index (χ1) is 17.4. The summed E-state index contributed by atoms with van der Waals surface area (Å²) in [4.78, 5) is 42.4. The van der Waals surface area contributed by atoms with Crippen LogP contribution in [0.3, 0.4) is 0 Å². The Morgan fingerprint density at radius 1 is 1.05 bits per heavy atom. The predicted molar refractivity (Wildman–Crippen MR) is 147 cm³/mol. The minimum absolute atomic E-state index is 0. The number of nitrogens with one attached hydrogen (secondary N) is 1. The number of hydrogen-bond acceptors (Lipinski definition) is 4. The number of likely N-dealkylation sites (tertiary alicyclic amines) is 1. The van der Waals surface area contributed by atoms with Crippen molar-refractivity contribution in [3.05, 3.63) is 35.4 Å². The first-order valence-electron chi connectivity index (χ1n) is 14.1. The number of carboxylic acid groups (broad SMARTS) is 1. The first-order valence-corrected chi connectivity index (χ1v) is 14.1. The summed E-state index contributed by atoms with van der Waals surface area (Å²) in [5.41, 5.74) is 1.50. The van der Waals surface area contributed by atoms with E-state index in [0.29, 0.717) is 31.7 Å². The molecule has 206 valence electrons. The number of piperidine rings is 1. The molecule has 0 aromatic heterocycles. The molecule has 8 heteroatoms. The molecule has 1 spiro atoms. The predicted octanol–water partition coefficient (Wildman–Crippen LogP) is 4.56. The molecule has 1 aromatic rings. The van der Waals surface area contributed by atoms with Gasteiger partial charge in [0.1, 0.15) is 11.6 Å². The molecule has 7 nitrogen and oxygen atoms in total. The number of halogens is 1. The van der Waals surface area contributed by atoms with Gasteiger partial charge in [0, 0.05) is 32.6 Å². The average Bonchev–Trinajstić information content (AvgIpc) is 2.88. The molecule has 1 atom stereocenters. The summed E-state index contributed by atoms with van der Waals surface area (Å²) in [6, 6.07) is 7.80. The Morgan fingerprint density at radius 3 is 2.32 bits per heavy atom. The van der Waals surface area contributed by atoms with E-state index in [4.69, 9.17) is 5.11 Å². The van der Waals surface area contributed by atoms with Gasteiger partial charge in [0.05, 0.1) is 0 Å². The molecule has 2 saturated heterocycles. The van der Waals surface area contributed by atoms with Crippen molar-refractivity contribution in [2.24, 2.45) is 5.92 Å². The highest BCUT2D eigenvalue weighted by atomic mass is 35.5. The highest BCUT2D eigenvalue weighted by molar-refractivity contribution is 6.00. The highest BCUT2D eigenvalue weighted by Crippen LogP contribution is 2.36. The lowest BCUT2D eigenvalue weighted by Crippen LogP contribution is -2.73. The van der Waals surface area contributed by atoms with Crippen molar-refractivity contribution in [1.29, 1.82) is 0 Å². The Kier molecular flexibility index (Phi) is 10.8. The summed E-state index contributed by atoms with van der Waals surface area (Å²) in [5, 5.41) is 12.1. The Bertz CT molecular complexity index is 908. The van der Waals surface area contributed by atoms with E-state index in [9.17, 15) is 14.4 Å². The molecule has 2 amide bonds. The molecule has 1 saturated carbocycles. The third kappa shape index (κ3) is 7.26. The van der Waals surface area contributed by atoms with E-state index in [1.165, 1.54) is 37.7 Å². The minimum atomic E-state index is -0.778. The summed E-state index contributed by atoms with van der Waals surface area (Å²) in [6.07, 6.45) is 10.9. The van der Waals surface area contributed by atoms with Crippen LogP contribution in [0.1, 0.15) is 88.7 Å². The molecule has 0 bridgehead atoms. The maximum atomic E-state index is 13.7. The van der Waals surface area contributed by atoms with Gasteiger partial charge in [-0.15, -0.1) is 12.4 Å². The molecule has 4 rings (SSSR count). The maximum Gasteiger partial charge on any atom is 0.303 e. The van der Waals surface area contributed by atoms with Gasteiger partial charge in [0.25, 0.3) is 0 Å². The van der Waals surface area contributed by atoms with Crippen LogP contribution < -0.4 is 5.32 Å². The first kappa shape index (κ1) is 29.4. The quantitative estimate of drug-likeness (QED) is 0.460. The summed E-state index contributed by atoms with van der Waals surface area (Å²) in [6.45, 7) is 5.15. The second-order valence-electron chi connectivity index (χ2n) is 11.1. The Labute approximate surface area is 227 Å². The van der Waals surface area contributed by atoms with E-state index in [1.54, 1.807) is 0 Å². The van der Waals surface area contributed by atoms with Crippen LogP contribution in [-0.4, -0.2) is 63.9 Å². The molecular formula is C29H44ClN3O4. The van der Waals surface area contributed by atoms with Gasteiger partial charge in [-0.3, -0.25) is 19.3 Å². The van der Waals surface area contributed by atoms with Crippen LogP contribution in [0.15, 0.2) is 24.3 Å². The normalized spacial score (nSPS) is 22.5. The number of unbranched alkanes of at least 4 members (excludes halogenated alkanes) is 1. The summed E-state index contributed by atoms with van der Waals surface area (Å²) < 4.78 is 0. The van der Waals surface area contributed by atoms with E-state index in [0.717, 1.165) is 44.5 Å². The van der Waals surface area contributed by atoms with Crippen molar-refractivity contribution >= 4 is 30.2 Å². The van der Waals surface area contributed by atoms with Crippen LogP contribution >= 0.6 is 12.4 Å². The standard InChI is InChI=1S/C29H43N3O4.ClH/c1-2-3-17-32-27(35)25(20-23-7-5-4-6-8-23)30-28(36)29(32)15-18-31(19-16-29)21-24-11-9-22(10-12-24)13-14-26(33)34;/h9-12,23,25H,2-8,13-21H2,1H3,(H,30,36)(H,33,34);1H/t25-;/m0./s1. The maximum absolute atomic E-state index is 13.7. The SMILES string of the molecule is CCCCN1C(=O)[C@H](CC2CCCCC2)NC(=O)C12CCN(Cc1ccc(CCC(=O)O)cc1)CC2.Cl. The van der Waals surface area contributed by atoms with Crippen LogP contribution in [-0.2, 0) is 27.3 Å². The molecule has 0 radical (unpaired) electrons. The van der Waals surface area contributed by atoms with Crippen LogP contribution in [0.5, 0.6) is 0 Å². The van der Waals surface area contributed by atoms with E-state index >= 15 is 0 Å². The number of nitrogens with zero attached hydrogens (tertiary/aromatic N) is 2. The van der Waals surface area contributed by atoms with Gasteiger partial charge in [-0.05, 0) is 49.1 Å². The van der Waals surface area contributed by atoms with Gasteiger partial charge in [-0.2, -0.15) is 0 Å². The zero-order valence-electron chi connectivity index (χ0n) is 22.3. The molecule has 37 heavy (non-hydrogen) atoms. The van der Waals surface area contributed by atoms with E-state index in [2.05, 4.69) is 29.3 Å². The van der Waals surface area contributed by atoms with Crippen molar-refractivity contribution in [1.82, 2.24) is 15.1 Å². The third-order valence-corrected chi connectivity index (χ3v) is 8.58. The fraction of sp³-hybridized carbons (Fsp3) is 0.690. The number of aryl methyl sites for hydroxylation is 1. The van der Waals surface area contributed by atoms with Crippen LogP contribution in [0.4, 0.5) is 0 Å². The van der Waals surface area contributed by atoms with Gasteiger partial charge in [-0.1, -0.05) is 69.7 Å². The Balaban J connectivity index is 0.00000380. The number of benzene rings is 1. The van der Waals surface area contributed by atoms with Crippen molar-refractivity contribution in [2.45, 2.75) is 102 Å². The number of rotatable bonds is 10. The fourth-order valence-corrected chi connectivity index (χ4v) is 6.33. The van der Waals surface area contributed by atoms with Gasteiger partial charge in [0.2, 0.25) is 11.8 Å². The largest absolute Gasteiger partial charge is 0.481 e. The fourth-order valence-electron chi connectivity index (χ4n) is 6.33. The molecule has 2 N–H and O–H groups in total. The summed E-state index contributed by atoms with van der Waals surface area (Å²) in [7, 11) is 0. The molecule has 1 aromatic carbocycles. The average molecular weight is 534 g/mol. The topological polar surface area (TPSA) is 90.0 Å². The summed E-state index contributed by atoms with van der Waals surface area (Å²) >= 11 is 0. The second kappa shape index (κ2) is 13.6. The molecule has 2 heterocycles. The number of piperazine rings is 1. The Morgan fingerprint density at radius 2 is 1.70 bits per heavy atom. The number of hydrogen-bond donors (Lipinski definition) is 2. The zero-order valence-corrected chi connectivity index (χ0v) is 23.1. The molecular weight excluding hydrogens is 490 g/mol. The van der Waals surface area contributed by atoms with Gasteiger partial charge in [0.15, 0.2) is 0 Å². The minimum Gasteiger partial charge on any atom is -0.481 e. The molecule has 2 aliphatic heterocycles. The highest BCUT2D eigenvalue weighted by Gasteiger charge is 2.53. The number of carbonyl (C=O) groups excluding carboxylic acids is 2. The molecule has 0 unspecified atom stereocenters. The van der Waals surface area contributed by atoms with Crippen molar-refractivity contribution in [2.75, 3.05) is 19.6 Å². The number of carbonyl (C=O) groups is 3. The number of carboxylic acids is 1. The molecule has 3 aliphatic rings. The lowest BCUT2D eigenvalue weighted by atomic mass is 9.79. The van der Waals surface area contributed by atoms with Gasteiger partial charge in [-0.25, -0.2) is 0 Å². The van der Waals surface area contributed by atoms with Crippen molar-refractivity contribution < 1.29 is 19.5 Å². The van der Waals surface area contributed by atoms with Gasteiger partial charge < -0.3 is 15.3 Å². The second-order valence-corrected chi connectivity index (χ2v) is 11.1. The number of aliphatic carboxylic acids is 1. The Hall–Kier alpha value is -2.12.